The summed E-state index contributed by atoms with van der Waals surface area (Å²) in [4.78, 5) is 0. The summed E-state index contributed by atoms with van der Waals surface area (Å²) in [5.74, 6) is 2.27. The predicted molar refractivity (Wildman–Crippen MR) is 168 cm³/mol. The van der Waals surface area contributed by atoms with Gasteiger partial charge in [0, 0.05) is 25.0 Å². The molecule has 0 unspecified atom stereocenters. The first-order chi connectivity index (χ1) is 17.7. The lowest BCUT2D eigenvalue weighted by Gasteiger charge is -2.45. The van der Waals surface area contributed by atoms with Gasteiger partial charge in [-0.05, 0) is 95.6 Å². The Labute approximate surface area is 244 Å². The highest BCUT2D eigenvalue weighted by Crippen LogP contribution is 2.41. The molecule has 5 nitrogen and oxygen atoms in total. The van der Waals surface area contributed by atoms with E-state index in [1.807, 2.05) is 13.8 Å². The fraction of sp³-hybridized carbons (Fsp3) is 0.938. The summed E-state index contributed by atoms with van der Waals surface area (Å²) in [6.07, 6.45) is 13.3. The second-order valence-electron chi connectivity index (χ2n) is 15.7. The number of hydrogen-bond acceptors (Lipinski definition) is 5. The van der Waals surface area contributed by atoms with Crippen molar-refractivity contribution < 1.29 is 23.1 Å². The van der Waals surface area contributed by atoms with Crippen LogP contribution in [0.3, 0.4) is 0 Å². The average Bonchev–Trinajstić information content (AvgIpc) is 2.75. The second kappa shape index (κ2) is 13.4. The van der Waals surface area contributed by atoms with Gasteiger partial charge in [0.1, 0.15) is 0 Å². The molecule has 0 radical (unpaired) electrons. The summed E-state index contributed by atoms with van der Waals surface area (Å²) >= 11 is 0. The van der Waals surface area contributed by atoms with Crippen molar-refractivity contribution in [2.24, 2.45) is 5.92 Å². The zero-order chi connectivity index (χ0) is 29.9. The van der Waals surface area contributed by atoms with E-state index in [0.717, 1.165) is 45.1 Å². The Kier molecular flexibility index (Phi) is 12.0. The lowest BCUT2D eigenvalue weighted by atomic mass is 9.92. The van der Waals surface area contributed by atoms with E-state index >= 15 is 0 Å². The fourth-order valence-electron chi connectivity index (χ4n) is 5.11. The molecule has 2 saturated heterocycles. The van der Waals surface area contributed by atoms with Crippen LogP contribution >= 0.6 is 0 Å². The lowest BCUT2D eigenvalue weighted by Crippen LogP contribution is -2.50. The van der Waals surface area contributed by atoms with Crippen molar-refractivity contribution in [3.8, 4) is 12.3 Å². The topological polar surface area (TPSA) is 46.2 Å². The molecular formula is C32H62O5Si2. The zero-order valence-electron chi connectivity index (χ0n) is 27.7. The molecule has 7 heteroatoms. The van der Waals surface area contributed by atoms with E-state index in [2.05, 4.69) is 80.6 Å². The third-order valence-electron chi connectivity index (χ3n) is 9.67. The van der Waals surface area contributed by atoms with Crippen LogP contribution in [0.4, 0.5) is 0 Å². The van der Waals surface area contributed by atoms with Crippen molar-refractivity contribution in [2.45, 2.75) is 180 Å². The molecular weight excluding hydrogens is 521 g/mol. The van der Waals surface area contributed by atoms with Crippen LogP contribution in [0, 0.1) is 18.3 Å². The quantitative estimate of drug-likeness (QED) is 0.180. The number of terminal acetylenes is 1. The zero-order valence-corrected chi connectivity index (χ0v) is 29.7. The maximum Gasteiger partial charge on any atom is 0.192 e. The third-order valence-corrected chi connectivity index (χ3v) is 18.7. The molecule has 2 rings (SSSR count). The highest BCUT2D eigenvalue weighted by molar-refractivity contribution is 6.74. The molecule has 6 atom stereocenters. The Hall–Kier alpha value is -0.206. The Bertz CT molecular complexity index is 805. The molecule has 2 aliphatic rings. The average molecular weight is 583 g/mol. The molecule has 39 heavy (non-hydrogen) atoms. The number of rotatable bonds is 11. The van der Waals surface area contributed by atoms with Crippen LogP contribution in [0.25, 0.3) is 0 Å². The Morgan fingerprint density at radius 1 is 0.897 bits per heavy atom. The normalized spacial score (nSPS) is 28.5. The van der Waals surface area contributed by atoms with E-state index < -0.39 is 22.4 Å². The molecule has 0 aromatic carbocycles. The maximum absolute atomic E-state index is 7.08. The van der Waals surface area contributed by atoms with E-state index in [0.29, 0.717) is 0 Å². The molecule has 0 aromatic rings. The van der Waals surface area contributed by atoms with Crippen LogP contribution in [-0.4, -0.2) is 59.5 Å². The Morgan fingerprint density at radius 2 is 1.46 bits per heavy atom. The van der Waals surface area contributed by atoms with Gasteiger partial charge < -0.3 is 23.1 Å². The minimum Gasteiger partial charge on any atom is -0.417 e. The van der Waals surface area contributed by atoms with Crippen LogP contribution < -0.4 is 0 Å². The highest BCUT2D eigenvalue weighted by atomic mass is 28.4. The third kappa shape index (κ3) is 10.5. The molecule has 0 N–H and O–H groups in total. The summed E-state index contributed by atoms with van der Waals surface area (Å²) < 4.78 is 32.9. The van der Waals surface area contributed by atoms with Crippen molar-refractivity contribution in [3.05, 3.63) is 0 Å². The molecule has 0 amide bonds. The first-order valence-corrected chi connectivity index (χ1v) is 21.3. The van der Waals surface area contributed by atoms with E-state index in [1.165, 1.54) is 6.42 Å². The van der Waals surface area contributed by atoms with Gasteiger partial charge in [0.25, 0.3) is 0 Å². The van der Waals surface area contributed by atoms with Gasteiger partial charge in [0.2, 0.25) is 0 Å². The molecule has 0 aliphatic carbocycles. The van der Waals surface area contributed by atoms with Crippen LogP contribution in [0.15, 0.2) is 0 Å². The van der Waals surface area contributed by atoms with Gasteiger partial charge in [-0.1, -0.05) is 41.5 Å². The molecule has 2 aliphatic heterocycles. The molecule has 228 valence electrons. The minimum absolute atomic E-state index is 0.00604. The standard InChI is InChI=1S/C32H62O5Si2/c1-15-24(2)29-23-27(35-32(9,10)36-29)22-28(37-39(13,14)31(6,7)8)21-26-18-16-17-25(34-26)19-20-33-38(11,12)30(3,4)5/h1,24-29H,16-23H2,2-14H3/t24-,25-,26+,27-,28+,29+/m0/s1. The van der Waals surface area contributed by atoms with Gasteiger partial charge in [0.15, 0.2) is 22.4 Å². The van der Waals surface area contributed by atoms with Crippen molar-refractivity contribution in [3.63, 3.8) is 0 Å². The molecule has 2 heterocycles. The van der Waals surface area contributed by atoms with Gasteiger partial charge in [-0.2, -0.15) is 0 Å². The minimum atomic E-state index is -1.99. The number of hydrogen-bond donors (Lipinski definition) is 0. The summed E-state index contributed by atoms with van der Waals surface area (Å²) in [7, 11) is -3.72. The van der Waals surface area contributed by atoms with E-state index in [1.54, 1.807) is 0 Å². The largest absolute Gasteiger partial charge is 0.417 e. The Balaban J connectivity index is 2.10. The molecule has 0 spiro atoms. The highest BCUT2D eigenvalue weighted by Gasteiger charge is 2.43. The molecule has 0 aromatic heterocycles. The van der Waals surface area contributed by atoms with Gasteiger partial charge >= 0.3 is 0 Å². The predicted octanol–water partition coefficient (Wildman–Crippen LogP) is 8.69. The summed E-state index contributed by atoms with van der Waals surface area (Å²) in [6, 6.07) is 0. The molecule has 2 fully saturated rings. The SMILES string of the molecule is C#C[C@H](C)[C@H]1C[C@H](C[C@@H](C[C@H]2CCC[C@@H](CCO[Si](C)(C)C(C)(C)C)O2)O[Si](C)(C)C(C)(C)C)OC(C)(C)O1. The first kappa shape index (κ1) is 35.0. The van der Waals surface area contributed by atoms with Gasteiger partial charge in [-0.3, -0.25) is 0 Å². The van der Waals surface area contributed by atoms with Gasteiger partial charge in [0.05, 0.1) is 24.4 Å². The lowest BCUT2D eigenvalue weighted by molar-refractivity contribution is -0.307. The van der Waals surface area contributed by atoms with Gasteiger partial charge in [-0.15, -0.1) is 12.3 Å². The van der Waals surface area contributed by atoms with Crippen molar-refractivity contribution in [2.75, 3.05) is 6.61 Å². The smallest absolute Gasteiger partial charge is 0.192 e. The van der Waals surface area contributed by atoms with E-state index in [-0.39, 0.29) is 46.5 Å². The number of ether oxygens (including phenoxy) is 3. The van der Waals surface area contributed by atoms with Crippen molar-refractivity contribution in [1.29, 1.82) is 0 Å². The first-order valence-electron chi connectivity index (χ1n) is 15.4. The maximum atomic E-state index is 7.08. The summed E-state index contributed by atoms with van der Waals surface area (Å²) in [6.45, 7) is 30.0. The van der Waals surface area contributed by atoms with Crippen LogP contribution in [0.5, 0.6) is 0 Å². The van der Waals surface area contributed by atoms with Crippen molar-refractivity contribution in [1.82, 2.24) is 0 Å². The monoisotopic (exact) mass is 582 g/mol. The molecule has 0 bridgehead atoms. The molecule has 0 saturated carbocycles. The second-order valence-corrected chi connectivity index (χ2v) is 25.2. The van der Waals surface area contributed by atoms with E-state index in [9.17, 15) is 0 Å². The van der Waals surface area contributed by atoms with Crippen LogP contribution in [-0.2, 0) is 23.1 Å². The van der Waals surface area contributed by atoms with E-state index in [4.69, 9.17) is 29.5 Å². The summed E-state index contributed by atoms with van der Waals surface area (Å²) in [5.41, 5.74) is 0. The fourth-order valence-corrected chi connectivity index (χ4v) is 7.55. The Morgan fingerprint density at radius 3 is 2.03 bits per heavy atom. The van der Waals surface area contributed by atoms with Crippen LogP contribution in [0.1, 0.15) is 107 Å². The van der Waals surface area contributed by atoms with Gasteiger partial charge in [-0.25, -0.2) is 0 Å². The van der Waals surface area contributed by atoms with Crippen molar-refractivity contribution >= 4 is 16.6 Å². The van der Waals surface area contributed by atoms with Crippen LogP contribution in [0.2, 0.25) is 36.3 Å². The summed E-state index contributed by atoms with van der Waals surface area (Å²) in [5, 5.41) is 0.369.